The molecule has 0 aromatic heterocycles. The van der Waals surface area contributed by atoms with E-state index < -0.39 is 0 Å². The molecule has 0 amide bonds. The number of hydrogen-bond acceptors (Lipinski definition) is 6. The van der Waals surface area contributed by atoms with E-state index in [1.54, 1.807) is 26.8 Å². The number of rotatable bonds is 4. The number of Topliss-reactive ketones (excluding diaryl/α,β-unsaturated/α-hetero) is 1. The van der Waals surface area contributed by atoms with Gasteiger partial charge in [-0.05, 0) is 72.0 Å². The van der Waals surface area contributed by atoms with E-state index >= 15 is 0 Å². The molecule has 1 atom stereocenters. The van der Waals surface area contributed by atoms with E-state index in [1.807, 2.05) is 13.8 Å². The number of carbonyl (C=O) groups is 4. The first-order valence-corrected chi connectivity index (χ1v) is 10.8. The van der Waals surface area contributed by atoms with E-state index in [2.05, 4.69) is 67.7 Å². The lowest BCUT2D eigenvalue weighted by Gasteiger charge is -1.94. The van der Waals surface area contributed by atoms with Gasteiger partial charge in [0.2, 0.25) is 0 Å². The highest BCUT2D eigenvalue weighted by Gasteiger charge is 2.22. The van der Waals surface area contributed by atoms with Crippen molar-refractivity contribution in [2.45, 2.75) is 67.4 Å². The monoisotopic (exact) mass is 512 g/mol. The summed E-state index contributed by atoms with van der Waals surface area (Å²) < 4.78 is 9.02. The number of allylic oxidation sites excluding steroid dienone is 3. The van der Waals surface area contributed by atoms with Crippen molar-refractivity contribution in [1.82, 2.24) is 0 Å². The molecule has 204 valence electrons. The van der Waals surface area contributed by atoms with Gasteiger partial charge in [-0.1, -0.05) is 37.8 Å². The molecule has 0 aliphatic carbocycles. The fraction of sp³-hybridized carbons (Fsp3) is 0.355. The van der Waals surface area contributed by atoms with Crippen molar-refractivity contribution in [2.75, 3.05) is 7.11 Å². The van der Waals surface area contributed by atoms with Gasteiger partial charge in [-0.15, -0.1) is 31.9 Å². The molecule has 1 rings (SSSR count). The number of carbonyl (C=O) groups excluding carboxylic acids is 4. The lowest BCUT2D eigenvalue weighted by molar-refractivity contribution is -0.140. The first-order valence-electron chi connectivity index (χ1n) is 10.8. The van der Waals surface area contributed by atoms with Crippen molar-refractivity contribution in [1.29, 1.82) is 0 Å². The Bertz CT molecular complexity index is 836. The van der Waals surface area contributed by atoms with Crippen LogP contribution in [0, 0.1) is 36.5 Å². The summed E-state index contributed by atoms with van der Waals surface area (Å²) >= 11 is 0. The molecular formula is C31H44O6. The molecule has 1 fully saturated rings. The average molecular weight is 513 g/mol. The van der Waals surface area contributed by atoms with E-state index in [1.165, 1.54) is 33.1 Å². The Labute approximate surface area is 225 Å². The summed E-state index contributed by atoms with van der Waals surface area (Å²) in [6, 6.07) is 0. The molecule has 1 unspecified atom stereocenters. The summed E-state index contributed by atoms with van der Waals surface area (Å²) in [6.45, 7) is 28.6. The number of hydrogen-bond donors (Lipinski definition) is 0. The Kier molecular flexibility index (Phi) is 48.4. The molecule has 0 bridgehead atoms. The zero-order valence-corrected chi connectivity index (χ0v) is 23.9. The standard InChI is InChI=1S/C6H8O2.C5H8O2.C5H8O.C5H4.C4H6O.C3H6.C3H4/c1-4-3-5(2)8-6(4)7;1-3-4-5(6)7-2;1-4(2)5(3)6;1-3-5-4-2;1-3-4(2)5;2*1-3-2/h5H,1,3H2,2H3;3H,1,4H2,2H3;1H2,2-3H3;1H,2H3;3H,1H2,2H3;3H,1H2,2H3;1H,2H3. The third-order valence-corrected chi connectivity index (χ3v) is 2.76. The van der Waals surface area contributed by atoms with Crippen molar-refractivity contribution in [3.63, 3.8) is 0 Å². The van der Waals surface area contributed by atoms with Crippen LogP contribution >= 0.6 is 0 Å². The third-order valence-electron chi connectivity index (χ3n) is 2.76. The predicted octanol–water partition coefficient (Wildman–Crippen LogP) is 6.00. The molecule has 1 heterocycles. The second-order valence-corrected chi connectivity index (χ2v) is 6.46. The summed E-state index contributed by atoms with van der Waals surface area (Å²) in [4.78, 5) is 40.3. The van der Waals surface area contributed by atoms with Crippen LogP contribution in [0.25, 0.3) is 0 Å². The van der Waals surface area contributed by atoms with Gasteiger partial charge in [0.1, 0.15) is 6.10 Å². The summed E-state index contributed by atoms with van der Waals surface area (Å²) in [5.41, 5.74) is 1.22. The molecule has 6 heteroatoms. The fourth-order valence-electron chi connectivity index (χ4n) is 1.01. The topological polar surface area (TPSA) is 86.7 Å². The number of cyclic esters (lactones) is 1. The number of ketones is 2. The van der Waals surface area contributed by atoms with Crippen LogP contribution in [-0.4, -0.2) is 36.7 Å². The van der Waals surface area contributed by atoms with Gasteiger partial charge in [-0.25, -0.2) is 4.79 Å². The highest BCUT2D eigenvalue weighted by atomic mass is 16.5. The zero-order chi connectivity index (χ0) is 30.8. The van der Waals surface area contributed by atoms with Crippen LogP contribution < -0.4 is 0 Å². The quantitative estimate of drug-likeness (QED) is 0.199. The van der Waals surface area contributed by atoms with Gasteiger partial charge in [-0.2, -0.15) is 0 Å². The van der Waals surface area contributed by atoms with Crippen LogP contribution in [0.5, 0.6) is 0 Å². The first kappa shape index (κ1) is 46.1. The number of terminal acetylenes is 2. The molecule has 37 heavy (non-hydrogen) atoms. The Morgan fingerprint density at radius 3 is 1.57 bits per heavy atom. The van der Waals surface area contributed by atoms with E-state index in [0.717, 1.165) is 0 Å². The highest BCUT2D eigenvalue weighted by Crippen LogP contribution is 2.16. The minimum Gasteiger partial charge on any atom is -0.469 e. The molecule has 1 aliphatic heterocycles. The maximum Gasteiger partial charge on any atom is 0.333 e. The van der Waals surface area contributed by atoms with Crippen LogP contribution in [0.1, 0.15) is 61.3 Å². The lowest BCUT2D eigenvalue weighted by Crippen LogP contribution is -1.99. The van der Waals surface area contributed by atoms with E-state index in [4.69, 9.17) is 11.2 Å². The Morgan fingerprint density at radius 2 is 1.51 bits per heavy atom. The molecule has 0 aromatic rings. The van der Waals surface area contributed by atoms with Gasteiger partial charge in [0.05, 0.1) is 13.5 Å². The molecule has 0 saturated carbocycles. The van der Waals surface area contributed by atoms with Crippen LogP contribution in [-0.2, 0) is 28.7 Å². The molecule has 0 radical (unpaired) electrons. The number of ether oxygens (including phenoxy) is 2. The normalized spacial score (nSPS) is 10.7. The van der Waals surface area contributed by atoms with Crippen molar-refractivity contribution >= 4 is 23.5 Å². The molecule has 1 aliphatic rings. The van der Waals surface area contributed by atoms with Gasteiger partial charge in [0, 0.05) is 12.0 Å². The van der Waals surface area contributed by atoms with E-state index in [9.17, 15) is 19.2 Å². The van der Waals surface area contributed by atoms with Gasteiger partial charge in [-0.3, -0.25) is 14.4 Å². The third kappa shape index (κ3) is 65.3. The highest BCUT2D eigenvalue weighted by molar-refractivity contribution is 5.91. The van der Waals surface area contributed by atoms with E-state index in [0.29, 0.717) is 24.0 Å². The van der Waals surface area contributed by atoms with Crippen LogP contribution in [0.2, 0.25) is 0 Å². The Hall–Kier alpha value is -4.34. The fourth-order valence-corrected chi connectivity index (χ4v) is 1.01. The van der Waals surface area contributed by atoms with Crippen LogP contribution in [0.4, 0.5) is 0 Å². The first-order chi connectivity index (χ1) is 17.2. The van der Waals surface area contributed by atoms with E-state index in [-0.39, 0.29) is 29.6 Å². The summed E-state index contributed by atoms with van der Waals surface area (Å²) in [5, 5.41) is 0. The maximum atomic E-state index is 10.5. The van der Waals surface area contributed by atoms with Crippen molar-refractivity contribution in [2.24, 2.45) is 0 Å². The van der Waals surface area contributed by atoms with Gasteiger partial charge < -0.3 is 9.47 Å². The SMILES string of the molecule is C#CC.C#CC#CC.C=C(C)C(C)=O.C=C1CC(C)OC1=O.C=CC.C=CC(C)=O.C=CCC(=O)OC. The molecule has 1 saturated heterocycles. The Balaban J connectivity index is -0.0000000779. The molecule has 6 nitrogen and oxygen atoms in total. The molecule has 0 aromatic carbocycles. The number of esters is 2. The van der Waals surface area contributed by atoms with Crippen molar-refractivity contribution in [3.05, 3.63) is 62.3 Å². The van der Waals surface area contributed by atoms with Gasteiger partial charge in [0.25, 0.3) is 0 Å². The average Bonchev–Trinajstić information content (AvgIpc) is 3.11. The summed E-state index contributed by atoms with van der Waals surface area (Å²) in [6.07, 6.45) is 14.9. The maximum absolute atomic E-state index is 10.5. The Morgan fingerprint density at radius 1 is 1.14 bits per heavy atom. The molecular weight excluding hydrogens is 468 g/mol. The minimum atomic E-state index is -0.241. The van der Waals surface area contributed by atoms with Crippen LogP contribution in [0.15, 0.2) is 62.3 Å². The minimum absolute atomic E-state index is 0.0185. The largest absolute Gasteiger partial charge is 0.469 e. The van der Waals surface area contributed by atoms with Crippen molar-refractivity contribution < 1.29 is 28.7 Å². The smallest absolute Gasteiger partial charge is 0.333 e. The summed E-state index contributed by atoms with van der Waals surface area (Å²) in [5.74, 6) is 8.93. The second-order valence-electron chi connectivity index (χ2n) is 6.46. The van der Waals surface area contributed by atoms with Gasteiger partial charge >= 0.3 is 11.9 Å². The molecule has 0 N–H and O–H groups in total. The molecule has 0 spiro atoms. The van der Waals surface area contributed by atoms with Crippen molar-refractivity contribution in [3.8, 4) is 36.5 Å². The predicted molar refractivity (Wildman–Crippen MR) is 155 cm³/mol. The number of methoxy groups -OCH3 is 1. The zero-order valence-electron chi connectivity index (χ0n) is 23.9. The van der Waals surface area contributed by atoms with Crippen LogP contribution in [0.3, 0.4) is 0 Å². The lowest BCUT2D eigenvalue weighted by atomic mass is 10.2. The summed E-state index contributed by atoms with van der Waals surface area (Å²) in [7, 11) is 1.35. The van der Waals surface area contributed by atoms with Gasteiger partial charge in [0.15, 0.2) is 11.6 Å². The second kappa shape index (κ2) is 38.9.